The maximum absolute atomic E-state index is 10.6. The van der Waals surface area contributed by atoms with E-state index in [1.54, 1.807) is 6.20 Å². The molecule has 2 rings (SSSR count). The van der Waals surface area contributed by atoms with E-state index in [4.69, 9.17) is 0 Å². The zero-order valence-electron chi connectivity index (χ0n) is 6.79. The van der Waals surface area contributed by atoms with E-state index in [0.717, 1.165) is 24.8 Å². The zero-order valence-corrected chi connectivity index (χ0v) is 6.79. The summed E-state index contributed by atoms with van der Waals surface area (Å²) < 4.78 is 0. The van der Waals surface area contributed by atoms with E-state index < -0.39 is 0 Å². The molecule has 2 nitrogen and oxygen atoms in total. The van der Waals surface area contributed by atoms with Crippen molar-refractivity contribution in [3.05, 3.63) is 35.6 Å². The molecule has 2 heteroatoms. The molecule has 0 amide bonds. The summed E-state index contributed by atoms with van der Waals surface area (Å²) in [6.07, 6.45) is 9.97. The van der Waals surface area contributed by atoms with Crippen LogP contribution in [-0.2, 0) is 4.79 Å². The lowest BCUT2D eigenvalue weighted by molar-refractivity contribution is -0.104. The normalized spacial score (nSPS) is 26.5. The van der Waals surface area contributed by atoms with Crippen molar-refractivity contribution in [3.63, 3.8) is 0 Å². The summed E-state index contributed by atoms with van der Waals surface area (Å²) in [5.41, 5.74) is 1.99. The molecule has 2 aliphatic rings. The monoisotopic (exact) mass is 161 g/mol. The van der Waals surface area contributed by atoms with Crippen molar-refractivity contribution in [1.29, 1.82) is 0 Å². The Bertz CT molecular complexity index is 286. The maximum Gasteiger partial charge on any atom is 0.151 e. The molecule has 62 valence electrons. The topological polar surface area (TPSA) is 29.1 Å². The van der Waals surface area contributed by atoms with Gasteiger partial charge < -0.3 is 5.32 Å². The standard InChI is InChI=1S/C10H11NO/c12-7-9-6-11-5-8-3-1-2-4-10(8)9/h1-2,4,6-8,11H,3,5H2. The first-order valence-corrected chi connectivity index (χ1v) is 4.17. The van der Waals surface area contributed by atoms with Crippen LogP contribution in [-0.4, -0.2) is 12.8 Å². The minimum atomic E-state index is 0.500. The molecule has 1 heterocycles. The second-order valence-electron chi connectivity index (χ2n) is 3.11. The first-order chi connectivity index (χ1) is 5.92. The summed E-state index contributed by atoms with van der Waals surface area (Å²) in [5, 5.41) is 3.12. The fourth-order valence-corrected chi connectivity index (χ4v) is 1.70. The fraction of sp³-hybridized carbons (Fsp3) is 0.300. The van der Waals surface area contributed by atoms with E-state index in [-0.39, 0.29) is 0 Å². The number of rotatable bonds is 1. The molecule has 12 heavy (non-hydrogen) atoms. The Hall–Kier alpha value is -1.31. The van der Waals surface area contributed by atoms with Crippen molar-refractivity contribution >= 4 is 6.29 Å². The van der Waals surface area contributed by atoms with Gasteiger partial charge in [-0.25, -0.2) is 0 Å². The van der Waals surface area contributed by atoms with Gasteiger partial charge in [-0.15, -0.1) is 0 Å². The van der Waals surface area contributed by atoms with E-state index in [0.29, 0.717) is 5.92 Å². The number of hydrogen-bond donors (Lipinski definition) is 1. The van der Waals surface area contributed by atoms with Crippen LogP contribution in [0.1, 0.15) is 6.42 Å². The van der Waals surface area contributed by atoms with E-state index in [1.165, 1.54) is 5.57 Å². The zero-order chi connectivity index (χ0) is 8.39. The number of carbonyl (C=O) groups excluding carboxylic acids is 1. The quantitative estimate of drug-likeness (QED) is 0.585. The van der Waals surface area contributed by atoms with Crippen molar-refractivity contribution in [2.24, 2.45) is 5.92 Å². The summed E-state index contributed by atoms with van der Waals surface area (Å²) in [4.78, 5) is 10.6. The van der Waals surface area contributed by atoms with Gasteiger partial charge in [-0.05, 0) is 12.0 Å². The highest BCUT2D eigenvalue weighted by atomic mass is 16.1. The SMILES string of the molecule is O=CC1=CNCC2CC=CC=C12. The summed E-state index contributed by atoms with van der Waals surface area (Å²) in [7, 11) is 0. The summed E-state index contributed by atoms with van der Waals surface area (Å²) >= 11 is 0. The Morgan fingerprint density at radius 1 is 1.58 bits per heavy atom. The molecule has 0 spiro atoms. The van der Waals surface area contributed by atoms with Gasteiger partial charge in [0.2, 0.25) is 0 Å². The maximum atomic E-state index is 10.6. The van der Waals surface area contributed by atoms with Gasteiger partial charge in [-0.1, -0.05) is 18.2 Å². The average Bonchev–Trinajstić information content (AvgIpc) is 2.17. The molecule has 1 aliphatic carbocycles. The van der Waals surface area contributed by atoms with Crippen LogP contribution in [0, 0.1) is 5.92 Å². The van der Waals surface area contributed by atoms with Gasteiger partial charge in [0.15, 0.2) is 6.29 Å². The summed E-state index contributed by atoms with van der Waals surface area (Å²) in [5.74, 6) is 0.500. The van der Waals surface area contributed by atoms with Crippen molar-refractivity contribution < 1.29 is 4.79 Å². The van der Waals surface area contributed by atoms with Crippen LogP contribution >= 0.6 is 0 Å². The lowest BCUT2D eigenvalue weighted by Gasteiger charge is -2.25. The summed E-state index contributed by atoms with van der Waals surface area (Å²) in [6, 6.07) is 0. The van der Waals surface area contributed by atoms with Crippen LogP contribution in [0.25, 0.3) is 0 Å². The van der Waals surface area contributed by atoms with Gasteiger partial charge in [0.1, 0.15) is 0 Å². The van der Waals surface area contributed by atoms with E-state index in [9.17, 15) is 4.79 Å². The molecular formula is C10H11NO. The van der Waals surface area contributed by atoms with E-state index in [2.05, 4.69) is 11.4 Å². The number of hydrogen-bond acceptors (Lipinski definition) is 2. The minimum Gasteiger partial charge on any atom is -0.390 e. The second-order valence-corrected chi connectivity index (χ2v) is 3.11. The van der Waals surface area contributed by atoms with E-state index >= 15 is 0 Å². The molecule has 0 radical (unpaired) electrons. The van der Waals surface area contributed by atoms with Crippen LogP contribution in [0.2, 0.25) is 0 Å². The third kappa shape index (κ3) is 1.09. The predicted octanol–water partition coefficient (Wildman–Crippen LogP) is 1.17. The van der Waals surface area contributed by atoms with E-state index in [1.807, 2.05) is 12.2 Å². The lowest BCUT2D eigenvalue weighted by Crippen LogP contribution is -2.27. The first-order valence-electron chi connectivity index (χ1n) is 4.17. The Morgan fingerprint density at radius 3 is 3.33 bits per heavy atom. The third-order valence-electron chi connectivity index (χ3n) is 2.35. The molecule has 1 aliphatic heterocycles. The highest BCUT2D eigenvalue weighted by molar-refractivity contribution is 5.81. The molecule has 1 unspecified atom stereocenters. The van der Waals surface area contributed by atoms with Crippen LogP contribution < -0.4 is 5.32 Å². The Kier molecular flexibility index (Phi) is 1.82. The predicted molar refractivity (Wildman–Crippen MR) is 47.5 cm³/mol. The number of allylic oxidation sites excluding steroid dienone is 4. The number of nitrogens with one attached hydrogen (secondary N) is 1. The van der Waals surface area contributed by atoms with Gasteiger partial charge in [0, 0.05) is 24.2 Å². The molecule has 1 atom stereocenters. The Morgan fingerprint density at radius 2 is 2.50 bits per heavy atom. The average molecular weight is 161 g/mol. The molecular weight excluding hydrogens is 150 g/mol. The molecule has 0 saturated carbocycles. The summed E-state index contributed by atoms with van der Waals surface area (Å²) in [6.45, 7) is 0.952. The van der Waals surface area contributed by atoms with Crippen LogP contribution in [0.15, 0.2) is 35.6 Å². The largest absolute Gasteiger partial charge is 0.390 e. The molecule has 0 fully saturated rings. The van der Waals surface area contributed by atoms with Crippen molar-refractivity contribution in [1.82, 2.24) is 5.32 Å². The highest BCUT2D eigenvalue weighted by Crippen LogP contribution is 2.27. The second kappa shape index (κ2) is 2.97. The van der Waals surface area contributed by atoms with Gasteiger partial charge in [0.05, 0.1) is 0 Å². The van der Waals surface area contributed by atoms with Gasteiger partial charge in [-0.2, -0.15) is 0 Å². The molecule has 0 aromatic rings. The van der Waals surface area contributed by atoms with Crippen molar-refractivity contribution in [2.45, 2.75) is 6.42 Å². The van der Waals surface area contributed by atoms with Gasteiger partial charge >= 0.3 is 0 Å². The van der Waals surface area contributed by atoms with Crippen LogP contribution in [0.4, 0.5) is 0 Å². The number of carbonyl (C=O) groups is 1. The Balaban J connectivity index is 2.35. The minimum absolute atomic E-state index is 0.500. The highest BCUT2D eigenvalue weighted by Gasteiger charge is 2.20. The van der Waals surface area contributed by atoms with Crippen LogP contribution in [0.5, 0.6) is 0 Å². The number of fused-ring (bicyclic) bond motifs is 1. The molecule has 0 aromatic heterocycles. The smallest absolute Gasteiger partial charge is 0.151 e. The van der Waals surface area contributed by atoms with Crippen molar-refractivity contribution in [3.8, 4) is 0 Å². The lowest BCUT2D eigenvalue weighted by atomic mass is 9.85. The molecule has 0 aromatic carbocycles. The molecule has 0 bridgehead atoms. The van der Waals surface area contributed by atoms with Crippen LogP contribution in [0.3, 0.4) is 0 Å². The van der Waals surface area contributed by atoms with Crippen molar-refractivity contribution in [2.75, 3.05) is 6.54 Å². The molecule has 1 N–H and O–H groups in total. The Labute approximate surface area is 71.7 Å². The first kappa shape index (κ1) is 7.35. The molecule has 0 saturated heterocycles. The number of aldehydes is 1. The van der Waals surface area contributed by atoms with Gasteiger partial charge in [-0.3, -0.25) is 4.79 Å². The third-order valence-corrected chi connectivity index (χ3v) is 2.35. The van der Waals surface area contributed by atoms with Gasteiger partial charge in [0.25, 0.3) is 0 Å². The fourth-order valence-electron chi connectivity index (χ4n) is 1.70.